The predicted molar refractivity (Wildman–Crippen MR) is 103 cm³/mol. The first-order valence-corrected chi connectivity index (χ1v) is 9.89. The third-order valence-electron chi connectivity index (χ3n) is 4.44. The van der Waals surface area contributed by atoms with Gasteiger partial charge >= 0.3 is 0 Å². The van der Waals surface area contributed by atoms with E-state index in [9.17, 15) is 0 Å². The van der Waals surface area contributed by atoms with E-state index >= 15 is 0 Å². The molecule has 2 N–H and O–H groups in total. The maximum atomic E-state index is 4.45. The van der Waals surface area contributed by atoms with Crippen LogP contribution in [0.2, 0.25) is 0 Å². The molecule has 0 aromatic carbocycles. The fourth-order valence-corrected chi connectivity index (χ4v) is 3.66. The highest BCUT2D eigenvalue weighted by atomic mass is 32.1. The molecule has 1 aromatic heterocycles. The Bertz CT molecular complexity index is 493. The summed E-state index contributed by atoms with van der Waals surface area (Å²) in [6.07, 6.45) is 4.01. The maximum absolute atomic E-state index is 4.45. The molecular formula is C17H32N6S. The number of guanidine groups is 1. The number of hydrogen-bond donors (Lipinski definition) is 2. The number of nitrogens with zero attached hydrogens (tertiary/aromatic N) is 4. The van der Waals surface area contributed by atoms with Crippen LogP contribution in [0.4, 0.5) is 0 Å². The van der Waals surface area contributed by atoms with Crippen LogP contribution in [0.3, 0.4) is 0 Å². The maximum Gasteiger partial charge on any atom is 0.191 e. The van der Waals surface area contributed by atoms with E-state index in [1.54, 1.807) is 0 Å². The second-order valence-electron chi connectivity index (χ2n) is 6.03. The minimum Gasteiger partial charge on any atom is -0.356 e. The third kappa shape index (κ3) is 6.37. The highest BCUT2D eigenvalue weighted by molar-refractivity contribution is 7.11. The minimum atomic E-state index is 0.867. The van der Waals surface area contributed by atoms with E-state index in [0.717, 1.165) is 38.4 Å². The summed E-state index contributed by atoms with van der Waals surface area (Å²) >= 11 is 1.81. The van der Waals surface area contributed by atoms with Crippen molar-refractivity contribution in [2.75, 3.05) is 59.4 Å². The Morgan fingerprint density at radius 3 is 2.50 bits per heavy atom. The lowest BCUT2D eigenvalue weighted by molar-refractivity contribution is 0.139. The number of likely N-dealkylation sites (N-methyl/N-ethyl adjacent to an activating group) is 1. The van der Waals surface area contributed by atoms with E-state index < -0.39 is 0 Å². The first-order chi connectivity index (χ1) is 11.7. The molecule has 24 heavy (non-hydrogen) atoms. The van der Waals surface area contributed by atoms with Gasteiger partial charge in [0.05, 0.1) is 5.01 Å². The Labute approximate surface area is 150 Å². The topological polar surface area (TPSA) is 55.8 Å². The zero-order valence-corrected chi connectivity index (χ0v) is 16.2. The van der Waals surface area contributed by atoms with Gasteiger partial charge in [-0.2, -0.15) is 0 Å². The van der Waals surface area contributed by atoms with E-state index in [2.05, 4.69) is 44.3 Å². The van der Waals surface area contributed by atoms with E-state index in [-0.39, 0.29) is 0 Å². The largest absolute Gasteiger partial charge is 0.356 e. The summed E-state index contributed by atoms with van der Waals surface area (Å²) in [5.41, 5.74) is 0. The van der Waals surface area contributed by atoms with Gasteiger partial charge in [-0.15, -0.1) is 11.3 Å². The zero-order chi connectivity index (χ0) is 17.2. The average molecular weight is 353 g/mol. The van der Waals surface area contributed by atoms with Gasteiger partial charge < -0.3 is 15.5 Å². The highest BCUT2D eigenvalue weighted by Crippen LogP contribution is 2.13. The molecule has 0 bridgehead atoms. The van der Waals surface area contributed by atoms with Crippen molar-refractivity contribution in [3.63, 3.8) is 0 Å². The van der Waals surface area contributed by atoms with Gasteiger partial charge in [0.25, 0.3) is 0 Å². The van der Waals surface area contributed by atoms with Crippen LogP contribution < -0.4 is 10.6 Å². The molecule has 1 aromatic rings. The Balaban J connectivity index is 1.59. The summed E-state index contributed by atoms with van der Waals surface area (Å²) in [4.78, 5) is 15.1. The van der Waals surface area contributed by atoms with E-state index in [4.69, 9.17) is 0 Å². The van der Waals surface area contributed by atoms with Crippen LogP contribution in [0, 0.1) is 0 Å². The Kier molecular flexibility index (Phi) is 8.49. The molecule has 7 heteroatoms. The molecule has 1 saturated heterocycles. The molecule has 0 atom stereocenters. The summed E-state index contributed by atoms with van der Waals surface area (Å²) < 4.78 is 0. The minimum absolute atomic E-state index is 0.867. The summed E-state index contributed by atoms with van der Waals surface area (Å²) in [6, 6.07) is 0. The van der Waals surface area contributed by atoms with Crippen molar-refractivity contribution < 1.29 is 0 Å². The van der Waals surface area contributed by atoms with Crippen molar-refractivity contribution >= 4 is 17.3 Å². The molecule has 6 nitrogen and oxygen atoms in total. The van der Waals surface area contributed by atoms with E-state index in [0.29, 0.717) is 0 Å². The SMILES string of the molecule is CCc1cnc(CCNC(=NC)NCCN2CCN(CC)CC2)s1. The van der Waals surface area contributed by atoms with Crippen molar-refractivity contribution in [1.29, 1.82) is 0 Å². The first kappa shape index (κ1) is 19.1. The molecule has 0 saturated carbocycles. The first-order valence-electron chi connectivity index (χ1n) is 9.08. The molecular weight excluding hydrogens is 320 g/mol. The third-order valence-corrected chi connectivity index (χ3v) is 5.64. The number of rotatable bonds is 8. The van der Waals surface area contributed by atoms with Crippen molar-refractivity contribution in [2.24, 2.45) is 4.99 Å². The lowest BCUT2D eigenvalue weighted by Gasteiger charge is -2.34. The van der Waals surface area contributed by atoms with Gasteiger partial charge in [0.2, 0.25) is 0 Å². The Hall–Kier alpha value is -1.18. The average Bonchev–Trinajstić information content (AvgIpc) is 3.09. The summed E-state index contributed by atoms with van der Waals surface area (Å²) in [5.74, 6) is 0.884. The van der Waals surface area contributed by atoms with Crippen molar-refractivity contribution in [2.45, 2.75) is 26.7 Å². The van der Waals surface area contributed by atoms with E-state index in [1.807, 2.05) is 24.6 Å². The fraction of sp³-hybridized carbons (Fsp3) is 0.765. The highest BCUT2D eigenvalue weighted by Gasteiger charge is 2.14. The molecule has 0 spiro atoms. The summed E-state index contributed by atoms with van der Waals surface area (Å²) in [5, 5.41) is 7.99. The van der Waals surface area contributed by atoms with Crippen LogP contribution in [0.25, 0.3) is 0 Å². The van der Waals surface area contributed by atoms with Gasteiger partial charge in [0, 0.05) is 70.4 Å². The summed E-state index contributed by atoms with van der Waals surface area (Å²) in [6.45, 7) is 13.2. The second-order valence-corrected chi connectivity index (χ2v) is 7.23. The smallest absolute Gasteiger partial charge is 0.191 e. The lowest BCUT2D eigenvalue weighted by atomic mass is 10.3. The van der Waals surface area contributed by atoms with Crippen LogP contribution in [0.1, 0.15) is 23.7 Å². The molecule has 0 aliphatic carbocycles. The Morgan fingerprint density at radius 1 is 1.17 bits per heavy atom. The molecule has 1 aliphatic rings. The lowest BCUT2D eigenvalue weighted by Crippen LogP contribution is -2.49. The molecule has 1 aliphatic heterocycles. The fourth-order valence-electron chi connectivity index (χ4n) is 2.80. The van der Waals surface area contributed by atoms with Gasteiger partial charge in [-0.05, 0) is 13.0 Å². The number of hydrogen-bond acceptors (Lipinski definition) is 5. The number of thiazole rings is 1. The Morgan fingerprint density at radius 2 is 1.88 bits per heavy atom. The van der Waals surface area contributed by atoms with Crippen molar-refractivity contribution in [3.8, 4) is 0 Å². The van der Waals surface area contributed by atoms with Gasteiger partial charge in [0.1, 0.15) is 0 Å². The van der Waals surface area contributed by atoms with Crippen LogP contribution in [0.15, 0.2) is 11.2 Å². The molecule has 1 fully saturated rings. The van der Waals surface area contributed by atoms with Crippen molar-refractivity contribution in [3.05, 3.63) is 16.1 Å². The van der Waals surface area contributed by atoms with Crippen molar-refractivity contribution in [1.82, 2.24) is 25.4 Å². The van der Waals surface area contributed by atoms with Gasteiger partial charge in [-0.1, -0.05) is 13.8 Å². The van der Waals surface area contributed by atoms with E-state index in [1.165, 1.54) is 42.6 Å². The number of aliphatic imine (C=N–C) groups is 1. The summed E-state index contributed by atoms with van der Waals surface area (Å²) in [7, 11) is 1.83. The van der Waals surface area contributed by atoms with Crippen LogP contribution in [-0.2, 0) is 12.8 Å². The quantitative estimate of drug-likeness (QED) is 0.541. The van der Waals surface area contributed by atoms with Crippen LogP contribution in [-0.4, -0.2) is 80.1 Å². The molecule has 136 valence electrons. The standard InChI is InChI=1S/C17H32N6S/c1-4-15-14-21-16(24-15)6-7-19-17(18-3)20-8-9-23-12-10-22(5-2)11-13-23/h14H,4-13H2,1-3H3,(H2,18,19,20). The number of aromatic nitrogens is 1. The normalized spacial score (nSPS) is 17.2. The monoisotopic (exact) mass is 352 g/mol. The number of nitrogens with one attached hydrogen (secondary N) is 2. The van der Waals surface area contributed by atoms with Gasteiger partial charge in [-0.25, -0.2) is 4.98 Å². The molecule has 2 rings (SSSR count). The number of piperazine rings is 1. The zero-order valence-electron chi connectivity index (χ0n) is 15.3. The second kappa shape index (κ2) is 10.6. The molecule has 0 unspecified atom stereocenters. The number of aryl methyl sites for hydroxylation is 1. The molecule has 0 amide bonds. The van der Waals surface area contributed by atoms with Crippen LogP contribution >= 0.6 is 11.3 Å². The van der Waals surface area contributed by atoms with Crippen LogP contribution in [0.5, 0.6) is 0 Å². The van der Waals surface area contributed by atoms with Gasteiger partial charge in [0.15, 0.2) is 5.96 Å². The van der Waals surface area contributed by atoms with Gasteiger partial charge in [-0.3, -0.25) is 9.89 Å². The predicted octanol–water partition coefficient (Wildman–Crippen LogP) is 1.05. The molecule has 2 heterocycles. The molecule has 0 radical (unpaired) electrons.